The number of carbonyl (C=O) groups excluding carboxylic acids is 1. The Morgan fingerprint density at radius 2 is 2.00 bits per heavy atom. The van der Waals surface area contributed by atoms with Crippen LogP contribution in [0.15, 0.2) is 48.7 Å². The number of halogens is 1. The quantitative estimate of drug-likeness (QED) is 0.901. The van der Waals surface area contributed by atoms with Crippen molar-refractivity contribution in [3.63, 3.8) is 0 Å². The van der Waals surface area contributed by atoms with E-state index in [-0.39, 0.29) is 12.8 Å². The summed E-state index contributed by atoms with van der Waals surface area (Å²) in [6, 6.07) is 12.7. The van der Waals surface area contributed by atoms with E-state index < -0.39 is 0 Å². The summed E-state index contributed by atoms with van der Waals surface area (Å²) in [4.78, 5) is 11.8. The summed E-state index contributed by atoms with van der Waals surface area (Å²) in [7, 11) is 0. The average molecular weight is 331 g/mol. The van der Waals surface area contributed by atoms with E-state index in [1.165, 1.54) is 0 Å². The van der Waals surface area contributed by atoms with Gasteiger partial charge < -0.3 is 20.1 Å². The van der Waals surface area contributed by atoms with Gasteiger partial charge in [0.15, 0.2) is 11.5 Å². The molecule has 0 aliphatic carbocycles. The van der Waals surface area contributed by atoms with Gasteiger partial charge in [0, 0.05) is 17.8 Å². The van der Waals surface area contributed by atoms with Gasteiger partial charge in [-0.25, -0.2) is 4.79 Å². The molecule has 2 aromatic rings. The van der Waals surface area contributed by atoms with Crippen LogP contribution in [-0.4, -0.2) is 12.8 Å². The number of nitrogens with one attached hydrogen (secondary N) is 2. The second-order valence-electron chi connectivity index (χ2n) is 4.87. The fourth-order valence-electron chi connectivity index (χ4n) is 2.10. The number of fused-ring (bicyclic) bond motifs is 1. The highest BCUT2D eigenvalue weighted by Crippen LogP contribution is 2.32. The third-order valence-corrected chi connectivity index (χ3v) is 3.62. The molecule has 0 saturated carbocycles. The molecule has 0 radical (unpaired) electrons. The van der Waals surface area contributed by atoms with Gasteiger partial charge in [0.2, 0.25) is 6.79 Å². The van der Waals surface area contributed by atoms with Crippen LogP contribution in [0.4, 0.5) is 4.79 Å². The van der Waals surface area contributed by atoms with E-state index in [4.69, 9.17) is 21.1 Å². The van der Waals surface area contributed by atoms with E-state index in [0.29, 0.717) is 17.3 Å². The second kappa shape index (κ2) is 7.07. The zero-order valence-electron chi connectivity index (χ0n) is 12.2. The molecule has 1 aliphatic rings. The van der Waals surface area contributed by atoms with Gasteiger partial charge in [-0.3, -0.25) is 0 Å². The van der Waals surface area contributed by atoms with Gasteiger partial charge in [-0.1, -0.05) is 35.9 Å². The molecule has 1 heterocycles. The van der Waals surface area contributed by atoms with Gasteiger partial charge in [0.05, 0.1) is 0 Å². The maximum Gasteiger partial charge on any atom is 0.319 e. The van der Waals surface area contributed by atoms with Crippen LogP contribution in [-0.2, 0) is 6.54 Å². The Labute approximate surface area is 138 Å². The zero-order valence-corrected chi connectivity index (χ0v) is 13.0. The highest BCUT2D eigenvalue weighted by molar-refractivity contribution is 6.32. The van der Waals surface area contributed by atoms with Crippen LogP contribution >= 0.6 is 11.6 Å². The Morgan fingerprint density at radius 3 is 2.87 bits per heavy atom. The molecule has 0 saturated heterocycles. The summed E-state index contributed by atoms with van der Waals surface area (Å²) in [5, 5.41) is 6.03. The molecule has 5 nitrogen and oxygen atoms in total. The Balaban J connectivity index is 1.49. The van der Waals surface area contributed by atoms with Gasteiger partial charge in [0.1, 0.15) is 0 Å². The molecule has 0 spiro atoms. The zero-order chi connectivity index (χ0) is 16.1. The number of rotatable bonds is 4. The Kier molecular flexibility index (Phi) is 4.68. The second-order valence-corrected chi connectivity index (χ2v) is 5.28. The summed E-state index contributed by atoms with van der Waals surface area (Å²) in [6.45, 7) is 0.627. The van der Waals surface area contributed by atoms with Crippen LogP contribution in [0.1, 0.15) is 11.1 Å². The van der Waals surface area contributed by atoms with Crippen molar-refractivity contribution in [1.82, 2.24) is 10.6 Å². The van der Waals surface area contributed by atoms with E-state index in [9.17, 15) is 4.79 Å². The van der Waals surface area contributed by atoms with Crippen molar-refractivity contribution in [2.24, 2.45) is 0 Å². The SMILES string of the molecule is O=C(N/C=C/c1ccccc1Cl)NCc1ccc2c(c1)OCO2. The van der Waals surface area contributed by atoms with Gasteiger partial charge in [-0.05, 0) is 35.4 Å². The smallest absolute Gasteiger partial charge is 0.319 e. The number of hydrogen-bond acceptors (Lipinski definition) is 3. The molecule has 2 N–H and O–H groups in total. The van der Waals surface area contributed by atoms with Crippen molar-refractivity contribution in [2.75, 3.05) is 6.79 Å². The molecule has 0 unspecified atom stereocenters. The largest absolute Gasteiger partial charge is 0.454 e. The number of benzene rings is 2. The molecule has 118 valence electrons. The minimum absolute atomic E-state index is 0.236. The van der Waals surface area contributed by atoms with Crippen LogP contribution in [0.5, 0.6) is 11.5 Å². The number of hydrogen-bond donors (Lipinski definition) is 2. The first-order valence-electron chi connectivity index (χ1n) is 7.06. The van der Waals surface area contributed by atoms with Crippen molar-refractivity contribution in [2.45, 2.75) is 6.54 Å². The summed E-state index contributed by atoms with van der Waals surface area (Å²) < 4.78 is 10.5. The topological polar surface area (TPSA) is 59.6 Å². The normalized spacial score (nSPS) is 12.4. The fourth-order valence-corrected chi connectivity index (χ4v) is 2.30. The predicted octanol–water partition coefficient (Wildman–Crippen LogP) is 3.54. The lowest BCUT2D eigenvalue weighted by atomic mass is 10.2. The van der Waals surface area contributed by atoms with Crippen molar-refractivity contribution >= 4 is 23.7 Å². The average Bonchev–Trinajstić information content (AvgIpc) is 3.02. The lowest BCUT2D eigenvalue weighted by Gasteiger charge is -2.06. The van der Waals surface area contributed by atoms with E-state index >= 15 is 0 Å². The van der Waals surface area contributed by atoms with Crippen LogP contribution in [0.25, 0.3) is 6.08 Å². The van der Waals surface area contributed by atoms with Crippen molar-refractivity contribution in [3.05, 3.63) is 64.8 Å². The molecule has 3 rings (SSSR count). The Bertz CT molecular complexity index is 746. The molecular formula is C17H15ClN2O3. The standard InChI is InChI=1S/C17H15ClN2O3/c18-14-4-2-1-3-13(14)7-8-19-17(21)20-10-12-5-6-15-16(9-12)23-11-22-15/h1-9H,10-11H2,(H2,19,20,21)/b8-7+. The first-order valence-corrected chi connectivity index (χ1v) is 7.44. The third kappa shape index (κ3) is 3.96. The van der Waals surface area contributed by atoms with Gasteiger partial charge in [-0.15, -0.1) is 0 Å². The van der Waals surface area contributed by atoms with Crippen LogP contribution in [0, 0.1) is 0 Å². The fraction of sp³-hybridized carbons (Fsp3) is 0.118. The van der Waals surface area contributed by atoms with Crippen molar-refractivity contribution < 1.29 is 14.3 Å². The van der Waals surface area contributed by atoms with Gasteiger partial charge in [0.25, 0.3) is 0 Å². The van der Waals surface area contributed by atoms with E-state index in [0.717, 1.165) is 16.9 Å². The van der Waals surface area contributed by atoms with Crippen molar-refractivity contribution in [1.29, 1.82) is 0 Å². The molecule has 1 aliphatic heterocycles. The van der Waals surface area contributed by atoms with Crippen LogP contribution < -0.4 is 20.1 Å². The molecular weight excluding hydrogens is 316 g/mol. The highest BCUT2D eigenvalue weighted by Gasteiger charge is 2.13. The van der Waals surface area contributed by atoms with E-state index in [1.807, 2.05) is 36.4 Å². The number of amides is 2. The molecule has 2 amide bonds. The first kappa shape index (κ1) is 15.2. The van der Waals surface area contributed by atoms with Crippen LogP contribution in [0.2, 0.25) is 5.02 Å². The molecule has 23 heavy (non-hydrogen) atoms. The van der Waals surface area contributed by atoms with Crippen LogP contribution in [0.3, 0.4) is 0 Å². The summed E-state index contributed by atoms with van der Waals surface area (Å²) >= 11 is 6.03. The molecule has 6 heteroatoms. The monoisotopic (exact) mass is 330 g/mol. The van der Waals surface area contributed by atoms with E-state index in [1.54, 1.807) is 18.3 Å². The Hall–Kier alpha value is -2.66. The Morgan fingerprint density at radius 1 is 1.17 bits per heavy atom. The van der Waals surface area contributed by atoms with Gasteiger partial charge in [-0.2, -0.15) is 0 Å². The molecule has 0 fully saturated rings. The third-order valence-electron chi connectivity index (χ3n) is 3.27. The summed E-state index contributed by atoms with van der Waals surface area (Å²) in [5.74, 6) is 1.42. The number of carbonyl (C=O) groups is 1. The number of urea groups is 1. The lowest BCUT2D eigenvalue weighted by Crippen LogP contribution is -2.31. The summed E-state index contributed by atoms with van der Waals surface area (Å²) in [6.07, 6.45) is 3.29. The molecule has 0 atom stereocenters. The minimum Gasteiger partial charge on any atom is -0.454 e. The number of ether oxygens (including phenoxy) is 2. The molecule has 0 aromatic heterocycles. The first-order chi connectivity index (χ1) is 11.2. The molecule has 0 bridgehead atoms. The van der Waals surface area contributed by atoms with Crippen molar-refractivity contribution in [3.8, 4) is 11.5 Å². The maximum atomic E-state index is 11.8. The minimum atomic E-state index is -0.300. The lowest BCUT2D eigenvalue weighted by molar-refractivity contribution is 0.174. The maximum absolute atomic E-state index is 11.8. The highest BCUT2D eigenvalue weighted by atomic mass is 35.5. The van der Waals surface area contributed by atoms with E-state index in [2.05, 4.69) is 10.6 Å². The summed E-state index contributed by atoms with van der Waals surface area (Å²) in [5.41, 5.74) is 1.77. The van der Waals surface area contributed by atoms with Gasteiger partial charge >= 0.3 is 6.03 Å². The predicted molar refractivity (Wildman–Crippen MR) is 88.4 cm³/mol. The molecule has 2 aromatic carbocycles.